The Labute approximate surface area is 498 Å². The zero-order valence-electron chi connectivity index (χ0n) is 51.1. The molecule has 0 aromatic heterocycles. The van der Waals surface area contributed by atoms with Gasteiger partial charge in [-0.3, -0.25) is 48.7 Å². The Bertz CT molecular complexity index is 2670. The minimum absolute atomic E-state index is 0.00309. The van der Waals surface area contributed by atoms with Crippen molar-refractivity contribution < 1.29 is 76.7 Å². The first-order valence-corrected chi connectivity index (χ1v) is 29.0. The van der Waals surface area contributed by atoms with Crippen LogP contribution in [0.4, 0.5) is 15.3 Å². The molecule has 2 aromatic rings. The van der Waals surface area contributed by atoms with E-state index in [4.69, 9.17) is 28.4 Å². The Hall–Kier alpha value is -7.25. The van der Waals surface area contributed by atoms with E-state index in [0.717, 1.165) is 22.0 Å². The van der Waals surface area contributed by atoms with E-state index >= 15 is 0 Å². The minimum Gasteiger partial charge on any atom is -0.445 e. The third-order valence-corrected chi connectivity index (χ3v) is 15.8. The summed E-state index contributed by atoms with van der Waals surface area (Å²) in [6, 6.07) is 9.43. The van der Waals surface area contributed by atoms with Crippen LogP contribution >= 0.6 is 0 Å². The fraction of sp³-hybridized carbons (Fsp3) is 0.590. The molecule has 468 valence electrons. The van der Waals surface area contributed by atoms with Gasteiger partial charge in [-0.05, 0) is 66.9 Å². The number of hydrogen-bond acceptors (Lipinski definition) is 16. The number of aliphatic hydroxyl groups excluding tert-OH is 1. The Morgan fingerprint density at radius 2 is 1.54 bits per heavy atom. The lowest BCUT2D eigenvalue weighted by molar-refractivity contribution is -0.148. The molecule has 85 heavy (non-hydrogen) atoms. The highest BCUT2D eigenvalue weighted by molar-refractivity contribution is 6.13. The minimum atomic E-state index is -1.14. The predicted octanol–water partition coefficient (Wildman–Crippen LogP) is 4.71. The zero-order chi connectivity index (χ0) is 62.7. The van der Waals surface area contributed by atoms with Crippen molar-refractivity contribution in [2.24, 2.45) is 23.7 Å². The van der Waals surface area contributed by atoms with Crippen molar-refractivity contribution in [3.8, 4) is 0 Å². The van der Waals surface area contributed by atoms with Crippen molar-refractivity contribution in [1.29, 1.82) is 0 Å². The van der Waals surface area contributed by atoms with E-state index in [-0.39, 0.29) is 68.5 Å². The van der Waals surface area contributed by atoms with Gasteiger partial charge in [0, 0.05) is 60.1 Å². The number of aliphatic hydroxyl groups is 1. The van der Waals surface area contributed by atoms with Gasteiger partial charge < -0.3 is 59.3 Å². The first-order chi connectivity index (χ1) is 40.4. The van der Waals surface area contributed by atoms with Crippen molar-refractivity contribution in [3.63, 3.8) is 0 Å². The second-order valence-electron chi connectivity index (χ2n) is 22.5. The van der Waals surface area contributed by atoms with Crippen molar-refractivity contribution in [2.45, 2.75) is 142 Å². The van der Waals surface area contributed by atoms with E-state index in [2.05, 4.69) is 21.3 Å². The van der Waals surface area contributed by atoms with Gasteiger partial charge >= 0.3 is 12.2 Å². The van der Waals surface area contributed by atoms with Gasteiger partial charge in [-0.15, -0.1) is 0 Å². The molecule has 11 atom stereocenters. The van der Waals surface area contributed by atoms with E-state index in [0.29, 0.717) is 36.9 Å². The zero-order valence-corrected chi connectivity index (χ0v) is 51.1. The van der Waals surface area contributed by atoms with E-state index in [9.17, 15) is 48.3 Å². The molecule has 5 rings (SSSR count). The van der Waals surface area contributed by atoms with E-state index in [1.165, 1.54) is 44.4 Å². The molecule has 0 bridgehead atoms. The normalized spacial score (nSPS) is 19.7. The number of imide groups is 1. The van der Waals surface area contributed by atoms with Crippen LogP contribution in [-0.4, -0.2) is 195 Å². The van der Waals surface area contributed by atoms with Gasteiger partial charge in [0.2, 0.25) is 23.6 Å². The van der Waals surface area contributed by atoms with Crippen LogP contribution in [0.3, 0.4) is 0 Å². The van der Waals surface area contributed by atoms with Crippen LogP contribution in [0.2, 0.25) is 0 Å². The van der Waals surface area contributed by atoms with Crippen molar-refractivity contribution in [3.05, 3.63) is 89.5 Å². The van der Waals surface area contributed by atoms with E-state index in [1.54, 1.807) is 77.8 Å². The highest BCUT2D eigenvalue weighted by Gasteiger charge is 2.44. The van der Waals surface area contributed by atoms with Crippen molar-refractivity contribution in [1.82, 2.24) is 35.6 Å². The fourth-order valence-corrected chi connectivity index (χ4v) is 10.9. The summed E-state index contributed by atoms with van der Waals surface area (Å²) in [6.07, 6.45) is 2.32. The SMILES string of the molecule is CC[C@H](C)[C@@H]([C@@H](CC(=O)N1CCC[C@H]1[C@H](OC)[C@@H](C)C(=O)N[C@H](C)[C@@H](O)c1ccccc1)OC)N(C)C(=O)[C@@H](NC(=O)[C@H](C(C)C)N(C)C(=O)OCc1ccc(NC(=O)OC2/C=C/COCOC2)c(C(=O)NCCN2C(=O)C=CC2=O)c1)C(C)C. The van der Waals surface area contributed by atoms with Gasteiger partial charge in [0.1, 0.15) is 31.6 Å². The van der Waals surface area contributed by atoms with Gasteiger partial charge in [-0.2, -0.15) is 0 Å². The van der Waals surface area contributed by atoms with Crippen LogP contribution in [-0.2, 0) is 63.8 Å². The molecule has 2 aromatic carbocycles. The van der Waals surface area contributed by atoms with E-state index in [1.807, 2.05) is 32.0 Å². The number of amides is 9. The number of likely N-dealkylation sites (N-methyl/N-ethyl adjacent to an activating group) is 2. The summed E-state index contributed by atoms with van der Waals surface area (Å²) in [5.41, 5.74) is 0.927. The molecular formula is C61H88N8O16. The number of rotatable bonds is 28. The molecule has 3 aliphatic heterocycles. The molecule has 0 radical (unpaired) electrons. The number of likely N-dealkylation sites (tertiary alicyclic amines) is 1. The summed E-state index contributed by atoms with van der Waals surface area (Å²) in [7, 11) is 6.02. The third kappa shape index (κ3) is 18.6. The van der Waals surface area contributed by atoms with Gasteiger partial charge in [0.05, 0.1) is 73.2 Å². The summed E-state index contributed by atoms with van der Waals surface area (Å²) >= 11 is 0. The van der Waals surface area contributed by atoms with Crippen LogP contribution in [0.15, 0.2) is 72.8 Å². The molecule has 5 N–H and O–H groups in total. The second-order valence-corrected chi connectivity index (χ2v) is 22.5. The number of anilines is 1. The predicted molar refractivity (Wildman–Crippen MR) is 313 cm³/mol. The molecule has 0 aliphatic carbocycles. The number of carbonyl (C=O) groups excluding carboxylic acids is 9. The molecule has 3 heterocycles. The molecule has 24 heteroatoms. The summed E-state index contributed by atoms with van der Waals surface area (Å²) in [6.45, 7) is 14.5. The smallest absolute Gasteiger partial charge is 0.412 e. The Balaban J connectivity index is 1.26. The lowest BCUT2D eigenvalue weighted by atomic mass is 9.89. The standard InChI is InChI=1S/C61H88N8O16/c1-13-38(6)53(47(80-11)32-50(72)68-28-17-22-46(68)55(81-12)39(7)56(74)63-40(8)54(73)42-19-15-14-16-20-42)66(9)59(77)51(36(2)3)65-58(76)52(37(4)5)67(10)61(79)84-33-41-23-24-45(64-60(78)85-43-21-18-30-82-35-83-34-43)44(31-41)57(75)62-27-29-69-48(70)25-26-49(69)71/h14-16,18-21,23-26,31,36-40,43,46-47,51-55,73H,13,17,22,27-30,32-35H2,1-12H3,(H,62,75)(H,63,74)(H,64,78)(H,65,76)/b21-18+/t38-,39+,40+,43?,46-,47+,51-,52-,53-,54+,55+/m0/s1. The number of nitrogens with one attached hydrogen (secondary N) is 4. The molecule has 3 aliphatic rings. The maximum Gasteiger partial charge on any atom is 0.412 e. The Morgan fingerprint density at radius 1 is 0.847 bits per heavy atom. The molecule has 0 saturated carbocycles. The maximum atomic E-state index is 14.8. The van der Waals surface area contributed by atoms with Crippen LogP contribution in [0.1, 0.15) is 109 Å². The number of methoxy groups -OCH3 is 2. The topological polar surface area (TPSA) is 290 Å². The Morgan fingerprint density at radius 3 is 2.18 bits per heavy atom. The molecule has 1 unspecified atom stereocenters. The lowest BCUT2D eigenvalue weighted by Gasteiger charge is -2.41. The Kier molecular flexibility index (Phi) is 26.5. The van der Waals surface area contributed by atoms with Crippen LogP contribution in [0, 0.1) is 23.7 Å². The average Bonchev–Trinajstić information content (AvgIpc) is 3.70. The molecule has 1 fully saturated rings. The van der Waals surface area contributed by atoms with E-state index < -0.39 is 121 Å². The molecule has 24 nitrogen and oxygen atoms in total. The van der Waals surface area contributed by atoms with Crippen molar-refractivity contribution in [2.75, 3.05) is 73.3 Å². The van der Waals surface area contributed by atoms with Crippen LogP contribution in [0.25, 0.3) is 0 Å². The first-order valence-electron chi connectivity index (χ1n) is 29.0. The average molecular weight is 1190 g/mol. The number of nitrogens with zero attached hydrogens (tertiary/aromatic N) is 4. The monoisotopic (exact) mass is 1190 g/mol. The summed E-state index contributed by atoms with van der Waals surface area (Å²) in [5, 5.41) is 22.0. The van der Waals surface area contributed by atoms with Gasteiger partial charge in [-0.25, -0.2) is 9.59 Å². The third-order valence-electron chi connectivity index (χ3n) is 15.8. The fourth-order valence-electron chi connectivity index (χ4n) is 10.9. The molecule has 9 amide bonds. The summed E-state index contributed by atoms with van der Waals surface area (Å²) in [5.74, 6) is -5.21. The number of carbonyl (C=O) groups is 9. The van der Waals surface area contributed by atoms with Crippen molar-refractivity contribution >= 4 is 59.2 Å². The van der Waals surface area contributed by atoms with Gasteiger partial charge in [0.15, 0.2) is 0 Å². The summed E-state index contributed by atoms with van der Waals surface area (Å²) < 4.78 is 33.8. The second kappa shape index (κ2) is 32.9. The first kappa shape index (κ1) is 68.5. The summed E-state index contributed by atoms with van der Waals surface area (Å²) in [4.78, 5) is 128. The maximum absolute atomic E-state index is 14.8. The van der Waals surface area contributed by atoms with Gasteiger partial charge in [0.25, 0.3) is 17.7 Å². The lowest BCUT2D eigenvalue weighted by Crippen LogP contribution is -2.60. The highest BCUT2D eigenvalue weighted by Crippen LogP contribution is 2.31. The van der Waals surface area contributed by atoms with Crippen LogP contribution in [0.5, 0.6) is 0 Å². The largest absolute Gasteiger partial charge is 0.445 e. The number of hydrogen-bond donors (Lipinski definition) is 5. The quantitative estimate of drug-likeness (QED) is 0.0569. The molecule has 0 spiro atoms. The van der Waals surface area contributed by atoms with Gasteiger partial charge in [-0.1, -0.05) is 97.4 Å². The number of ether oxygens (including phenoxy) is 6. The highest BCUT2D eigenvalue weighted by atomic mass is 16.7. The number of benzene rings is 2. The molecular weight excluding hydrogens is 1100 g/mol. The van der Waals surface area contributed by atoms with Crippen LogP contribution < -0.4 is 21.3 Å². The molecule has 1 saturated heterocycles.